The molecule has 0 bridgehead atoms. The second-order valence-electron chi connectivity index (χ2n) is 6.31. The molecule has 4 rings (SSSR count). The van der Waals surface area contributed by atoms with Gasteiger partial charge in [-0.15, -0.1) is 0 Å². The molecule has 146 valence electrons. The van der Waals surface area contributed by atoms with Crippen molar-refractivity contribution in [2.24, 2.45) is 0 Å². The van der Waals surface area contributed by atoms with Gasteiger partial charge in [0.15, 0.2) is 11.5 Å². The van der Waals surface area contributed by atoms with E-state index in [0.717, 1.165) is 5.39 Å². The Labute approximate surface area is 167 Å². The zero-order valence-corrected chi connectivity index (χ0v) is 15.7. The van der Waals surface area contributed by atoms with Gasteiger partial charge < -0.3 is 24.8 Å². The third-order valence-electron chi connectivity index (χ3n) is 4.48. The Morgan fingerprint density at radius 3 is 2.66 bits per heavy atom. The third kappa shape index (κ3) is 3.84. The Morgan fingerprint density at radius 2 is 1.93 bits per heavy atom. The molecular weight excluding hydrogens is 372 g/mol. The van der Waals surface area contributed by atoms with Gasteiger partial charge in [-0.25, -0.2) is 4.98 Å². The minimum Gasteiger partial charge on any atom is -0.497 e. The Bertz CT molecular complexity index is 1110. The lowest BCUT2D eigenvalue weighted by Crippen LogP contribution is -2.29. The van der Waals surface area contributed by atoms with Gasteiger partial charge in [0, 0.05) is 30.1 Å². The van der Waals surface area contributed by atoms with Crippen molar-refractivity contribution in [3.8, 4) is 23.3 Å². The number of aromatic nitrogens is 1. The first-order valence-corrected chi connectivity index (χ1v) is 8.98. The summed E-state index contributed by atoms with van der Waals surface area (Å²) < 4.78 is 15.8. The van der Waals surface area contributed by atoms with Gasteiger partial charge in [0.2, 0.25) is 6.79 Å². The minimum absolute atomic E-state index is 0.176. The van der Waals surface area contributed by atoms with Crippen LogP contribution in [0.1, 0.15) is 15.9 Å². The molecule has 0 spiro atoms. The molecule has 0 fully saturated rings. The summed E-state index contributed by atoms with van der Waals surface area (Å²) in [6.45, 7) is 0.964. The van der Waals surface area contributed by atoms with E-state index in [4.69, 9.17) is 14.2 Å². The number of methoxy groups -OCH3 is 1. The SMILES string of the molecule is COc1ccc(C(=O)NCCNc2nc3cc4c(cc3cc2C#N)OCO4)cc1. The van der Waals surface area contributed by atoms with E-state index >= 15 is 0 Å². The molecule has 1 aliphatic heterocycles. The van der Waals surface area contributed by atoms with Gasteiger partial charge >= 0.3 is 0 Å². The number of pyridine rings is 1. The first-order valence-electron chi connectivity index (χ1n) is 8.98. The van der Waals surface area contributed by atoms with Gasteiger partial charge in [0.1, 0.15) is 17.6 Å². The van der Waals surface area contributed by atoms with Crippen molar-refractivity contribution in [1.29, 1.82) is 5.26 Å². The number of amides is 1. The molecule has 3 aromatic rings. The zero-order chi connectivity index (χ0) is 20.2. The number of carbonyl (C=O) groups excluding carboxylic acids is 1. The molecule has 8 heteroatoms. The van der Waals surface area contributed by atoms with Crippen molar-refractivity contribution in [1.82, 2.24) is 10.3 Å². The van der Waals surface area contributed by atoms with Crippen LogP contribution in [0.25, 0.3) is 10.9 Å². The number of ether oxygens (including phenoxy) is 3. The fourth-order valence-corrected chi connectivity index (χ4v) is 2.99. The maximum absolute atomic E-state index is 12.2. The number of nitriles is 1. The molecule has 2 N–H and O–H groups in total. The first-order chi connectivity index (χ1) is 14.2. The predicted molar refractivity (Wildman–Crippen MR) is 106 cm³/mol. The van der Waals surface area contributed by atoms with Crippen LogP contribution >= 0.6 is 0 Å². The summed E-state index contributed by atoms with van der Waals surface area (Å²) in [6, 6.07) is 14.4. The maximum atomic E-state index is 12.2. The Morgan fingerprint density at radius 1 is 1.17 bits per heavy atom. The largest absolute Gasteiger partial charge is 0.497 e. The standard InChI is InChI=1S/C21H18N4O4/c1-27-16-4-2-13(3-5-16)21(26)24-7-6-23-20-15(11-22)8-14-9-18-19(29-12-28-18)10-17(14)25-20/h2-5,8-10H,6-7,12H2,1H3,(H,23,25)(H,24,26). The number of nitrogens with zero attached hydrogens (tertiary/aromatic N) is 2. The lowest BCUT2D eigenvalue weighted by molar-refractivity contribution is 0.0955. The summed E-state index contributed by atoms with van der Waals surface area (Å²) >= 11 is 0. The quantitative estimate of drug-likeness (QED) is 0.623. The van der Waals surface area contributed by atoms with Crippen LogP contribution in [-0.4, -0.2) is 37.9 Å². The Hall–Kier alpha value is -3.99. The molecule has 0 aliphatic carbocycles. The third-order valence-corrected chi connectivity index (χ3v) is 4.48. The molecule has 0 unspecified atom stereocenters. The fraction of sp³-hybridized carbons (Fsp3) is 0.190. The number of hydrogen-bond donors (Lipinski definition) is 2. The van der Waals surface area contributed by atoms with E-state index in [1.807, 2.05) is 6.07 Å². The number of nitrogens with one attached hydrogen (secondary N) is 2. The van der Waals surface area contributed by atoms with Crippen molar-refractivity contribution in [3.63, 3.8) is 0 Å². The van der Waals surface area contributed by atoms with Gasteiger partial charge in [-0.1, -0.05) is 0 Å². The van der Waals surface area contributed by atoms with Crippen molar-refractivity contribution >= 4 is 22.6 Å². The highest BCUT2D eigenvalue weighted by atomic mass is 16.7. The summed E-state index contributed by atoms with van der Waals surface area (Å²) in [6.07, 6.45) is 0. The summed E-state index contributed by atoms with van der Waals surface area (Å²) in [4.78, 5) is 16.7. The van der Waals surface area contributed by atoms with Crippen LogP contribution in [0, 0.1) is 11.3 Å². The van der Waals surface area contributed by atoms with Crippen LogP contribution in [0.3, 0.4) is 0 Å². The average Bonchev–Trinajstić information content (AvgIpc) is 3.21. The molecule has 0 radical (unpaired) electrons. The Kier molecular flexibility index (Phi) is 5.03. The molecule has 1 aliphatic rings. The van der Waals surface area contributed by atoms with E-state index in [2.05, 4.69) is 21.7 Å². The molecule has 0 atom stereocenters. The first kappa shape index (κ1) is 18.4. The molecule has 8 nitrogen and oxygen atoms in total. The van der Waals surface area contributed by atoms with Gasteiger partial charge in [-0.2, -0.15) is 5.26 Å². The van der Waals surface area contributed by atoms with E-state index in [-0.39, 0.29) is 12.7 Å². The summed E-state index contributed by atoms with van der Waals surface area (Å²) in [5, 5.41) is 16.2. The lowest BCUT2D eigenvalue weighted by Gasteiger charge is -2.10. The van der Waals surface area contributed by atoms with Gasteiger partial charge in [-0.3, -0.25) is 4.79 Å². The molecule has 29 heavy (non-hydrogen) atoms. The van der Waals surface area contributed by atoms with Crippen LogP contribution in [0.4, 0.5) is 5.82 Å². The van der Waals surface area contributed by atoms with Gasteiger partial charge in [0.05, 0.1) is 18.2 Å². The Balaban J connectivity index is 1.40. The van der Waals surface area contributed by atoms with Crippen LogP contribution in [-0.2, 0) is 0 Å². The van der Waals surface area contributed by atoms with Crippen molar-refractivity contribution in [2.75, 3.05) is 32.3 Å². The molecule has 2 heterocycles. The van der Waals surface area contributed by atoms with E-state index < -0.39 is 0 Å². The summed E-state index contributed by atoms with van der Waals surface area (Å²) in [5.74, 6) is 2.24. The smallest absolute Gasteiger partial charge is 0.251 e. The van der Waals surface area contributed by atoms with Crippen LogP contribution < -0.4 is 24.8 Å². The lowest BCUT2D eigenvalue weighted by atomic mass is 10.1. The normalized spacial score (nSPS) is 11.7. The monoisotopic (exact) mass is 390 g/mol. The highest BCUT2D eigenvalue weighted by molar-refractivity contribution is 5.94. The molecule has 2 aromatic carbocycles. The van der Waals surface area contributed by atoms with Crippen molar-refractivity contribution < 1.29 is 19.0 Å². The highest BCUT2D eigenvalue weighted by Gasteiger charge is 2.16. The predicted octanol–water partition coefficient (Wildman–Crippen LogP) is 2.69. The van der Waals surface area contributed by atoms with E-state index in [9.17, 15) is 10.1 Å². The number of rotatable bonds is 6. The topological polar surface area (TPSA) is 106 Å². The second kappa shape index (κ2) is 7.94. The molecule has 1 amide bonds. The molecule has 0 saturated carbocycles. The van der Waals surface area contributed by atoms with E-state index in [1.165, 1.54) is 0 Å². The zero-order valence-electron chi connectivity index (χ0n) is 15.7. The van der Waals surface area contributed by atoms with Crippen LogP contribution in [0.2, 0.25) is 0 Å². The number of anilines is 1. The second-order valence-corrected chi connectivity index (χ2v) is 6.31. The molecule has 1 aromatic heterocycles. The fourth-order valence-electron chi connectivity index (χ4n) is 2.99. The summed E-state index contributed by atoms with van der Waals surface area (Å²) in [5.41, 5.74) is 1.65. The molecular formula is C21H18N4O4. The average molecular weight is 390 g/mol. The van der Waals surface area contributed by atoms with E-state index in [0.29, 0.717) is 52.8 Å². The van der Waals surface area contributed by atoms with Crippen LogP contribution in [0.5, 0.6) is 17.2 Å². The van der Waals surface area contributed by atoms with Crippen LogP contribution in [0.15, 0.2) is 42.5 Å². The summed E-state index contributed by atoms with van der Waals surface area (Å²) in [7, 11) is 1.57. The van der Waals surface area contributed by atoms with E-state index in [1.54, 1.807) is 43.5 Å². The maximum Gasteiger partial charge on any atom is 0.251 e. The van der Waals surface area contributed by atoms with Crippen molar-refractivity contribution in [3.05, 3.63) is 53.6 Å². The van der Waals surface area contributed by atoms with Gasteiger partial charge in [-0.05, 0) is 36.4 Å². The number of benzene rings is 2. The highest BCUT2D eigenvalue weighted by Crippen LogP contribution is 2.36. The minimum atomic E-state index is -0.186. The number of carbonyl (C=O) groups is 1. The van der Waals surface area contributed by atoms with Crippen molar-refractivity contribution in [2.45, 2.75) is 0 Å². The van der Waals surface area contributed by atoms with Gasteiger partial charge in [0.25, 0.3) is 5.91 Å². The number of hydrogen-bond acceptors (Lipinski definition) is 7. The number of fused-ring (bicyclic) bond motifs is 2. The molecule has 0 saturated heterocycles.